The van der Waals surface area contributed by atoms with E-state index in [1.807, 2.05) is 31.9 Å². The highest BCUT2D eigenvalue weighted by Crippen LogP contribution is 2.55. The van der Waals surface area contributed by atoms with Crippen LogP contribution in [0.4, 0.5) is 0 Å². The molecule has 0 amide bonds. The van der Waals surface area contributed by atoms with Crippen molar-refractivity contribution in [2.24, 2.45) is 34.0 Å². The molecule has 6 unspecified atom stereocenters. The average Bonchev–Trinajstić information content (AvgIpc) is 3.09. The molecule has 8 nitrogen and oxygen atoms in total. The zero-order valence-corrected chi connectivity index (χ0v) is 35.6. The van der Waals surface area contributed by atoms with Crippen molar-refractivity contribution in [3.8, 4) is 0 Å². The summed E-state index contributed by atoms with van der Waals surface area (Å²) in [5.41, 5.74) is -2.54. The van der Waals surface area contributed by atoms with Crippen molar-refractivity contribution in [1.82, 2.24) is 5.06 Å². The largest absolute Gasteiger partial charge is 0.465 e. The number of ether oxygens (including phenoxy) is 2. The lowest BCUT2D eigenvalue weighted by molar-refractivity contribution is -0.348. The van der Waals surface area contributed by atoms with E-state index in [9.17, 15) is 19.5 Å². The quantitative estimate of drug-likeness (QED) is 0.105. The minimum absolute atomic E-state index is 0.123. The third kappa shape index (κ3) is 10.1. The Labute approximate surface area is 317 Å². The summed E-state index contributed by atoms with van der Waals surface area (Å²) in [5, 5.41) is 11.7. The molecule has 1 heterocycles. The molecule has 6 atom stereocenters. The fourth-order valence-electron chi connectivity index (χ4n) is 8.02. The number of Topliss-reactive ketones (excluding diaryl/α,β-unsaturated/α-hetero) is 1. The Hall–Kier alpha value is -2.29. The third-order valence-electron chi connectivity index (χ3n) is 13.7. The molecular weight excluding hydrogens is 654 g/mol. The predicted molar refractivity (Wildman–Crippen MR) is 210 cm³/mol. The van der Waals surface area contributed by atoms with E-state index in [2.05, 4.69) is 107 Å². The molecule has 52 heavy (non-hydrogen) atoms. The van der Waals surface area contributed by atoms with Crippen LogP contribution in [-0.4, -0.2) is 64.4 Å². The first-order valence-corrected chi connectivity index (χ1v) is 19.9. The second-order valence-electron chi connectivity index (χ2n) is 18.6. The lowest BCUT2D eigenvalue weighted by Crippen LogP contribution is -2.68. The van der Waals surface area contributed by atoms with Crippen LogP contribution in [0.5, 0.6) is 0 Å². The number of hydrogen-bond acceptors (Lipinski definition) is 8. The SMILES string of the molecule is CCCCOC(=O)C(CC(C)(C)C(C)c1ccccc1)C(C)(C)C(C)(C)CC(C(=O)OCCO)C(C)(C)ON1C(C)(CC)CC(=O)C(C)C1(C)CC. The molecule has 0 bridgehead atoms. The molecule has 298 valence electrons. The Bertz CT molecular complexity index is 1320. The Balaban J connectivity index is 2.64. The van der Waals surface area contributed by atoms with Crippen LogP contribution >= 0.6 is 0 Å². The van der Waals surface area contributed by atoms with E-state index in [0.717, 1.165) is 12.8 Å². The van der Waals surface area contributed by atoms with E-state index in [-0.39, 0.29) is 42.2 Å². The number of carbonyl (C=O) groups excluding carboxylic acids is 3. The maximum absolute atomic E-state index is 14.2. The van der Waals surface area contributed by atoms with E-state index in [1.54, 1.807) is 0 Å². The molecule has 1 saturated heterocycles. The van der Waals surface area contributed by atoms with Crippen molar-refractivity contribution in [2.75, 3.05) is 19.8 Å². The Morgan fingerprint density at radius 1 is 0.885 bits per heavy atom. The molecule has 1 aromatic carbocycles. The average molecular weight is 730 g/mol. The molecule has 1 aliphatic rings. The number of piperidine rings is 1. The summed E-state index contributed by atoms with van der Waals surface area (Å²) in [4.78, 5) is 48.8. The summed E-state index contributed by atoms with van der Waals surface area (Å²) in [7, 11) is 0. The summed E-state index contributed by atoms with van der Waals surface area (Å²) in [6, 6.07) is 10.4. The highest BCUT2D eigenvalue weighted by molar-refractivity contribution is 5.84. The van der Waals surface area contributed by atoms with Crippen LogP contribution in [0.2, 0.25) is 0 Å². The van der Waals surface area contributed by atoms with Gasteiger partial charge in [-0.05, 0) is 87.5 Å². The number of hydroxylamine groups is 2. The minimum atomic E-state index is -1.08. The van der Waals surface area contributed by atoms with Gasteiger partial charge in [-0.25, -0.2) is 0 Å². The highest BCUT2D eigenvalue weighted by Gasteiger charge is 2.58. The van der Waals surface area contributed by atoms with Gasteiger partial charge in [0.1, 0.15) is 12.4 Å². The number of aliphatic hydroxyl groups is 1. The minimum Gasteiger partial charge on any atom is -0.465 e. The van der Waals surface area contributed by atoms with E-state index < -0.39 is 45.3 Å². The first kappa shape index (κ1) is 45.9. The first-order valence-electron chi connectivity index (χ1n) is 19.9. The number of rotatable bonds is 20. The standard InChI is InChI=1S/C44H75NO7/c1-16-19-26-50-37(48)34(28-39(6,7)31(4)33-23-21-20-22-24-33)41(10,11)40(8,9)29-35(38(49)51-27-25-46)42(12,13)52-45-43(14,17-2)30-36(47)32(5)44(45,15)18-3/h20-24,31-32,34-35,46H,16-19,25-30H2,1-15H3. The summed E-state index contributed by atoms with van der Waals surface area (Å²) in [5.74, 6) is -1.78. The fourth-order valence-corrected chi connectivity index (χ4v) is 8.02. The van der Waals surface area contributed by atoms with Gasteiger partial charge in [0.05, 0.1) is 41.7 Å². The van der Waals surface area contributed by atoms with Gasteiger partial charge in [-0.1, -0.05) is 113 Å². The van der Waals surface area contributed by atoms with Crippen LogP contribution in [0.25, 0.3) is 0 Å². The van der Waals surface area contributed by atoms with E-state index in [1.165, 1.54) is 5.56 Å². The number of unbranched alkanes of at least 4 members (excludes halogenated alkanes) is 1. The van der Waals surface area contributed by atoms with Gasteiger partial charge in [0, 0.05) is 12.3 Å². The van der Waals surface area contributed by atoms with Crippen LogP contribution in [0, 0.1) is 34.0 Å². The van der Waals surface area contributed by atoms with Crippen molar-refractivity contribution in [1.29, 1.82) is 0 Å². The van der Waals surface area contributed by atoms with Gasteiger partial charge < -0.3 is 14.6 Å². The van der Waals surface area contributed by atoms with E-state index in [4.69, 9.17) is 14.3 Å². The molecule has 0 aliphatic carbocycles. The van der Waals surface area contributed by atoms with E-state index in [0.29, 0.717) is 38.7 Å². The van der Waals surface area contributed by atoms with Crippen LogP contribution in [-0.2, 0) is 28.7 Å². The molecule has 0 aromatic heterocycles. The van der Waals surface area contributed by atoms with Crippen molar-refractivity contribution in [2.45, 2.75) is 171 Å². The van der Waals surface area contributed by atoms with Gasteiger partial charge >= 0.3 is 11.9 Å². The number of aliphatic hydroxyl groups excluding tert-OH is 1. The Morgan fingerprint density at radius 3 is 1.96 bits per heavy atom. The Morgan fingerprint density at radius 2 is 1.44 bits per heavy atom. The molecule has 0 saturated carbocycles. The number of hydrogen-bond donors (Lipinski definition) is 1. The summed E-state index contributed by atoms with van der Waals surface area (Å²) in [6.07, 6.45) is 4.38. The maximum atomic E-state index is 14.2. The Kier molecular flexibility index (Phi) is 15.8. The molecule has 0 radical (unpaired) electrons. The fraction of sp³-hybridized carbons (Fsp3) is 0.795. The molecular formula is C44H75NO7. The summed E-state index contributed by atoms with van der Waals surface area (Å²) < 4.78 is 11.7. The van der Waals surface area contributed by atoms with Crippen LogP contribution in [0.3, 0.4) is 0 Å². The molecule has 1 aromatic rings. The topological polar surface area (TPSA) is 102 Å². The van der Waals surface area contributed by atoms with Crippen LogP contribution < -0.4 is 0 Å². The van der Waals surface area contributed by atoms with Gasteiger partial charge in [0.15, 0.2) is 0 Å². The summed E-state index contributed by atoms with van der Waals surface area (Å²) in [6.45, 7) is 31.4. The zero-order chi connectivity index (χ0) is 39.9. The molecule has 0 spiro atoms. The maximum Gasteiger partial charge on any atom is 0.312 e. The van der Waals surface area contributed by atoms with Crippen LogP contribution in [0.15, 0.2) is 30.3 Å². The number of ketones is 1. The number of nitrogens with zero attached hydrogens (tertiary/aromatic N) is 1. The molecule has 1 aliphatic heterocycles. The van der Waals surface area contributed by atoms with Crippen molar-refractivity contribution >= 4 is 17.7 Å². The summed E-state index contributed by atoms with van der Waals surface area (Å²) >= 11 is 0. The zero-order valence-electron chi connectivity index (χ0n) is 35.6. The highest BCUT2D eigenvalue weighted by atomic mass is 16.7. The molecule has 1 fully saturated rings. The van der Waals surface area contributed by atoms with Crippen molar-refractivity contribution in [3.63, 3.8) is 0 Å². The second-order valence-corrected chi connectivity index (χ2v) is 18.6. The van der Waals surface area contributed by atoms with Gasteiger partial charge in [-0.3, -0.25) is 19.2 Å². The van der Waals surface area contributed by atoms with Crippen molar-refractivity contribution in [3.05, 3.63) is 35.9 Å². The predicted octanol–water partition coefficient (Wildman–Crippen LogP) is 9.72. The lowest BCUT2D eigenvalue weighted by Gasteiger charge is -2.58. The van der Waals surface area contributed by atoms with Crippen LogP contribution in [0.1, 0.15) is 160 Å². The van der Waals surface area contributed by atoms with Gasteiger partial charge in [-0.15, -0.1) is 0 Å². The number of esters is 2. The third-order valence-corrected chi connectivity index (χ3v) is 13.7. The lowest BCUT2D eigenvalue weighted by atomic mass is 9.54. The molecule has 2 rings (SSSR count). The monoisotopic (exact) mass is 730 g/mol. The molecule has 8 heteroatoms. The molecule has 1 N–H and O–H groups in total. The number of benzene rings is 1. The van der Waals surface area contributed by atoms with Gasteiger partial charge in [0.25, 0.3) is 0 Å². The van der Waals surface area contributed by atoms with Gasteiger partial charge in [0.2, 0.25) is 0 Å². The number of carbonyl (C=O) groups is 3. The van der Waals surface area contributed by atoms with Crippen molar-refractivity contribution < 1.29 is 33.8 Å². The second kappa shape index (κ2) is 17.9. The smallest absolute Gasteiger partial charge is 0.312 e. The van der Waals surface area contributed by atoms with E-state index >= 15 is 0 Å². The van der Waals surface area contributed by atoms with Gasteiger partial charge in [-0.2, -0.15) is 5.06 Å². The normalized spacial score (nSPS) is 23.9. The first-order chi connectivity index (χ1) is 23.9.